The Morgan fingerprint density at radius 1 is 1.20 bits per heavy atom. The summed E-state index contributed by atoms with van der Waals surface area (Å²) < 4.78 is 5.16. The maximum absolute atomic E-state index is 8.67. The van der Waals surface area contributed by atoms with E-state index in [2.05, 4.69) is 19.1 Å². The molecule has 0 saturated heterocycles. The molecule has 1 N–H and O–H groups in total. The Morgan fingerprint density at radius 2 is 2.00 bits per heavy atom. The van der Waals surface area contributed by atoms with E-state index >= 15 is 0 Å². The van der Waals surface area contributed by atoms with Crippen molar-refractivity contribution in [3.05, 3.63) is 29.3 Å². The Morgan fingerprint density at radius 3 is 2.60 bits per heavy atom. The van der Waals surface area contributed by atoms with Crippen molar-refractivity contribution < 1.29 is 9.84 Å². The molecule has 0 spiro atoms. The summed E-state index contributed by atoms with van der Waals surface area (Å²) in [6.07, 6.45) is 4.25. The first-order valence-corrected chi connectivity index (χ1v) is 5.52. The number of methoxy groups -OCH3 is 1. The van der Waals surface area contributed by atoms with Crippen molar-refractivity contribution in [2.45, 2.75) is 32.6 Å². The molecule has 2 heteroatoms. The monoisotopic (exact) mass is 208 g/mol. The summed E-state index contributed by atoms with van der Waals surface area (Å²) in [5.74, 6) is 0.923. The summed E-state index contributed by atoms with van der Waals surface area (Å²) in [6.45, 7) is 2.42. The molecule has 2 nitrogen and oxygen atoms in total. The van der Waals surface area contributed by atoms with Crippen molar-refractivity contribution in [3.8, 4) is 5.75 Å². The van der Waals surface area contributed by atoms with E-state index in [1.54, 1.807) is 7.11 Å². The van der Waals surface area contributed by atoms with E-state index in [-0.39, 0.29) is 0 Å². The second-order valence-corrected chi connectivity index (χ2v) is 3.83. The number of ether oxygens (including phenoxy) is 1. The predicted molar refractivity (Wildman–Crippen MR) is 62.4 cm³/mol. The molecule has 0 aliphatic rings. The van der Waals surface area contributed by atoms with Crippen LogP contribution in [0.15, 0.2) is 18.2 Å². The van der Waals surface area contributed by atoms with Gasteiger partial charge in [-0.2, -0.15) is 0 Å². The van der Waals surface area contributed by atoms with E-state index in [0.29, 0.717) is 6.61 Å². The van der Waals surface area contributed by atoms with Crippen LogP contribution in [0, 0.1) is 6.92 Å². The van der Waals surface area contributed by atoms with Crippen molar-refractivity contribution in [1.29, 1.82) is 0 Å². The maximum Gasteiger partial charge on any atom is 0.119 e. The van der Waals surface area contributed by atoms with Crippen LogP contribution in [0.4, 0.5) is 0 Å². The molecule has 0 amide bonds. The third kappa shape index (κ3) is 3.92. The summed E-state index contributed by atoms with van der Waals surface area (Å²) in [4.78, 5) is 0. The minimum atomic E-state index is 0.307. The fourth-order valence-corrected chi connectivity index (χ4v) is 1.68. The number of hydrogen-bond acceptors (Lipinski definition) is 2. The average Bonchev–Trinajstić information content (AvgIpc) is 2.26. The van der Waals surface area contributed by atoms with E-state index < -0.39 is 0 Å². The summed E-state index contributed by atoms with van der Waals surface area (Å²) in [6, 6.07) is 6.21. The molecule has 15 heavy (non-hydrogen) atoms. The van der Waals surface area contributed by atoms with Gasteiger partial charge in [-0.15, -0.1) is 0 Å². The van der Waals surface area contributed by atoms with Crippen molar-refractivity contribution in [1.82, 2.24) is 0 Å². The fourth-order valence-electron chi connectivity index (χ4n) is 1.68. The molecule has 0 bridgehead atoms. The quantitative estimate of drug-likeness (QED) is 0.728. The molecule has 0 atom stereocenters. The minimum absolute atomic E-state index is 0.307. The third-order valence-electron chi connectivity index (χ3n) is 2.65. The predicted octanol–water partition coefficient (Wildman–Crippen LogP) is 2.71. The van der Waals surface area contributed by atoms with Gasteiger partial charge in [-0.25, -0.2) is 0 Å². The van der Waals surface area contributed by atoms with Crippen LogP contribution >= 0.6 is 0 Å². The van der Waals surface area contributed by atoms with E-state index in [9.17, 15) is 0 Å². The average molecular weight is 208 g/mol. The molecule has 1 rings (SSSR count). The van der Waals surface area contributed by atoms with Gasteiger partial charge in [0.05, 0.1) is 7.11 Å². The normalized spacial score (nSPS) is 10.3. The Bertz CT molecular complexity index is 295. The third-order valence-corrected chi connectivity index (χ3v) is 2.65. The van der Waals surface area contributed by atoms with Crippen molar-refractivity contribution >= 4 is 0 Å². The van der Waals surface area contributed by atoms with Crippen LogP contribution in [0.1, 0.15) is 30.4 Å². The number of aliphatic hydroxyl groups excluding tert-OH is 1. The van der Waals surface area contributed by atoms with Crippen molar-refractivity contribution in [3.63, 3.8) is 0 Å². The number of rotatable bonds is 6. The first-order valence-electron chi connectivity index (χ1n) is 5.52. The number of hydrogen-bond donors (Lipinski definition) is 1. The molecule has 0 heterocycles. The second kappa shape index (κ2) is 6.46. The largest absolute Gasteiger partial charge is 0.497 e. The minimum Gasteiger partial charge on any atom is -0.497 e. The molecule has 0 aliphatic heterocycles. The summed E-state index contributed by atoms with van der Waals surface area (Å²) in [5, 5.41) is 8.67. The van der Waals surface area contributed by atoms with Gasteiger partial charge in [0.25, 0.3) is 0 Å². The highest BCUT2D eigenvalue weighted by Crippen LogP contribution is 2.18. The highest BCUT2D eigenvalue weighted by atomic mass is 16.5. The maximum atomic E-state index is 8.67. The molecule has 0 radical (unpaired) electrons. The summed E-state index contributed by atoms with van der Waals surface area (Å²) in [5.41, 5.74) is 2.67. The summed E-state index contributed by atoms with van der Waals surface area (Å²) in [7, 11) is 1.69. The first kappa shape index (κ1) is 12.1. The molecule has 1 aromatic rings. The van der Waals surface area contributed by atoms with Gasteiger partial charge in [0.2, 0.25) is 0 Å². The van der Waals surface area contributed by atoms with Crippen LogP contribution in [0.2, 0.25) is 0 Å². The first-order chi connectivity index (χ1) is 7.27. The number of aryl methyl sites for hydroxylation is 2. The molecule has 1 aromatic carbocycles. The fraction of sp³-hybridized carbons (Fsp3) is 0.538. The Labute approximate surface area is 91.9 Å². The molecule has 0 fully saturated rings. The van der Waals surface area contributed by atoms with Gasteiger partial charge in [-0.3, -0.25) is 0 Å². The van der Waals surface area contributed by atoms with Gasteiger partial charge in [0, 0.05) is 6.61 Å². The van der Waals surface area contributed by atoms with Gasteiger partial charge in [0.1, 0.15) is 5.75 Å². The van der Waals surface area contributed by atoms with E-state index in [0.717, 1.165) is 31.4 Å². The molecular weight excluding hydrogens is 188 g/mol. The lowest BCUT2D eigenvalue weighted by Gasteiger charge is -2.07. The SMILES string of the molecule is COc1ccc(CCCCCO)c(C)c1. The van der Waals surface area contributed by atoms with Gasteiger partial charge in [-0.05, 0) is 49.4 Å². The molecule has 0 unspecified atom stereocenters. The van der Waals surface area contributed by atoms with Gasteiger partial charge in [-0.1, -0.05) is 12.5 Å². The van der Waals surface area contributed by atoms with Crippen LogP contribution in [0.25, 0.3) is 0 Å². The molecular formula is C13H20O2. The Balaban J connectivity index is 2.47. The summed E-state index contributed by atoms with van der Waals surface area (Å²) >= 11 is 0. The molecule has 0 saturated carbocycles. The van der Waals surface area contributed by atoms with Gasteiger partial charge < -0.3 is 9.84 Å². The van der Waals surface area contributed by atoms with Crippen molar-refractivity contribution in [2.75, 3.05) is 13.7 Å². The van der Waals surface area contributed by atoms with E-state index in [4.69, 9.17) is 9.84 Å². The number of benzene rings is 1. The lowest BCUT2D eigenvalue weighted by molar-refractivity contribution is 0.283. The molecule has 0 aromatic heterocycles. The standard InChI is InChI=1S/C13H20O2/c1-11-10-13(15-2)8-7-12(11)6-4-3-5-9-14/h7-8,10,14H,3-6,9H2,1-2H3. The van der Waals surface area contributed by atoms with Crippen LogP contribution in [-0.4, -0.2) is 18.8 Å². The van der Waals surface area contributed by atoms with E-state index in [1.165, 1.54) is 11.1 Å². The number of aliphatic hydroxyl groups is 1. The zero-order valence-corrected chi connectivity index (χ0v) is 9.62. The highest BCUT2D eigenvalue weighted by Gasteiger charge is 2.00. The van der Waals surface area contributed by atoms with Crippen LogP contribution in [-0.2, 0) is 6.42 Å². The number of unbranched alkanes of at least 4 members (excludes halogenated alkanes) is 2. The van der Waals surface area contributed by atoms with Crippen LogP contribution in [0.5, 0.6) is 5.75 Å². The lowest BCUT2D eigenvalue weighted by atomic mass is 10.0. The van der Waals surface area contributed by atoms with Crippen LogP contribution in [0.3, 0.4) is 0 Å². The topological polar surface area (TPSA) is 29.5 Å². The van der Waals surface area contributed by atoms with Gasteiger partial charge >= 0.3 is 0 Å². The van der Waals surface area contributed by atoms with Crippen LogP contribution < -0.4 is 4.74 Å². The molecule has 0 aliphatic carbocycles. The molecule has 84 valence electrons. The smallest absolute Gasteiger partial charge is 0.119 e. The van der Waals surface area contributed by atoms with Crippen molar-refractivity contribution in [2.24, 2.45) is 0 Å². The Hall–Kier alpha value is -1.02. The van der Waals surface area contributed by atoms with Gasteiger partial charge in [0.15, 0.2) is 0 Å². The lowest BCUT2D eigenvalue weighted by Crippen LogP contribution is -1.92. The zero-order chi connectivity index (χ0) is 11.1. The zero-order valence-electron chi connectivity index (χ0n) is 9.62. The van der Waals surface area contributed by atoms with E-state index in [1.807, 2.05) is 6.07 Å². The highest BCUT2D eigenvalue weighted by molar-refractivity contribution is 5.34. The second-order valence-electron chi connectivity index (χ2n) is 3.83. The Kier molecular flexibility index (Phi) is 5.19.